The van der Waals surface area contributed by atoms with Gasteiger partial charge in [0.25, 0.3) is 5.91 Å². The molecule has 4 nitrogen and oxygen atoms in total. The van der Waals surface area contributed by atoms with E-state index in [0.717, 1.165) is 23.5 Å². The summed E-state index contributed by atoms with van der Waals surface area (Å²) >= 11 is 0. The highest BCUT2D eigenvalue weighted by Crippen LogP contribution is 2.18. The van der Waals surface area contributed by atoms with Crippen molar-refractivity contribution in [2.75, 3.05) is 10.6 Å². The summed E-state index contributed by atoms with van der Waals surface area (Å²) in [5.74, 6) is 0.601. The van der Waals surface area contributed by atoms with Crippen molar-refractivity contribution in [2.24, 2.45) is 0 Å². The van der Waals surface area contributed by atoms with Crippen LogP contribution in [0.3, 0.4) is 0 Å². The van der Waals surface area contributed by atoms with Crippen molar-refractivity contribution in [3.05, 3.63) is 83.0 Å². The van der Waals surface area contributed by atoms with Gasteiger partial charge in [-0.05, 0) is 73.4 Å². The summed E-state index contributed by atoms with van der Waals surface area (Å²) < 4.78 is 0. The van der Waals surface area contributed by atoms with Crippen molar-refractivity contribution in [3.8, 4) is 0 Å². The molecule has 0 radical (unpaired) electrons. The second-order valence-electron chi connectivity index (χ2n) is 6.36. The molecule has 132 valence electrons. The molecule has 2 N–H and O–H groups in total. The number of pyridine rings is 1. The summed E-state index contributed by atoms with van der Waals surface area (Å²) in [4.78, 5) is 16.7. The van der Waals surface area contributed by atoms with Gasteiger partial charge in [-0.25, -0.2) is 4.98 Å². The quantitative estimate of drug-likeness (QED) is 0.663. The molecule has 0 saturated heterocycles. The minimum atomic E-state index is -0.134. The monoisotopic (exact) mass is 345 g/mol. The van der Waals surface area contributed by atoms with E-state index in [1.165, 1.54) is 11.1 Å². The molecule has 0 spiro atoms. The molecular formula is C22H23N3O. The Hall–Kier alpha value is -3.14. The largest absolute Gasteiger partial charge is 0.340 e. The third-order valence-electron chi connectivity index (χ3n) is 4.43. The third-order valence-corrected chi connectivity index (χ3v) is 4.43. The fraction of sp³-hybridized carbons (Fsp3) is 0.182. The van der Waals surface area contributed by atoms with E-state index in [2.05, 4.69) is 34.7 Å². The molecule has 0 unspecified atom stereocenters. The van der Waals surface area contributed by atoms with Crippen LogP contribution in [0.25, 0.3) is 0 Å². The number of benzene rings is 2. The summed E-state index contributed by atoms with van der Waals surface area (Å²) in [6.07, 6.45) is 2.68. The number of aryl methyl sites for hydroxylation is 3. The van der Waals surface area contributed by atoms with Crippen LogP contribution in [0, 0.1) is 13.8 Å². The summed E-state index contributed by atoms with van der Waals surface area (Å²) in [5, 5.41) is 6.14. The molecule has 0 aliphatic heterocycles. The normalized spacial score (nSPS) is 10.4. The molecule has 0 aliphatic carbocycles. The fourth-order valence-corrected chi connectivity index (χ4v) is 2.60. The molecule has 2 aromatic carbocycles. The number of rotatable bonds is 5. The average Bonchev–Trinajstić information content (AvgIpc) is 2.66. The molecule has 0 bridgehead atoms. The lowest BCUT2D eigenvalue weighted by Gasteiger charge is -2.09. The van der Waals surface area contributed by atoms with Gasteiger partial charge >= 0.3 is 0 Å². The molecule has 0 saturated carbocycles. The lowest BCUT2D eigenvalue weighted by atomic mass is 10.1. The number of aromatic nitrogens is 1. The Morgan fingerprint density at radius 3 is 2.27 bits per heavy atom. The molecule has 26 heavy (non-hydrogen) atoms. The van der Waals surface area contributed by atoms with Crippen molar-refractivity contribution in [3.63, 3.8) is 0 Å². The van der Waals surface area contributed by atoms with E-state index in [-0.39, 0.29) is 5.91 Å². The van der Waals surface area contributed by atoms with Gasteiger partial charge in [0, 0.05) is 11.3 Å². The molecule has 3 aromatic rings. The predicted octanol–water partition coefficient (Wildman–Crippen LogP) is 5.26. The first-order valence-electron chi connectivity index (χ1n) is 8.76. The van der Waals surface area contributed by atoms with Crippen LogP contribution >= 0.6 is 0 Å². The zero-order chi connectivity index (χ0) is 18.5. The van der Waals surface area contributed by atoms with Gasteiger partial charge < -0.3 is 10.6 Å². The first-order chi connectivity index (χ1) is 12.5. The zero-order valence-electron chi connectivity index (χ0n) is 15.3. The van der Waals surface area contributed by atoms with Crippen LogP contribution in [-0.4, -0.2) is 10.9 Å². The number of nitrogens with zero attached hydrogens (tertiary/aromatic N) is 1. The van der Waals surface area contributed by atoms with E-state index in [1.807, 2.05) is 56.3 Å². The summed E-state index contributed by atoms with van der Waals surface area (Å²) in [7, 11) is 0. The van der Waals surface area contributed by atoms with Gasteiger partial charge in [-0.1, -0.05) is 25.1 Å². The van der Waals surface area contributed by atoms with E-state index < -0.39 is 0 Å². The van der Waals surface area contributed by atoms with E-state index in [0.29, 0.717) is 11.3 Å². The second-order valence-corrected chi connectivity index (χ2v) is 6.36. The van der Waals surface area contributed by atoms with Crippen LogP contribution in [-0.2, 0) is 6.42 Å². The third kappa shape index (κ3) is 4.28. The summed E-state index contributed by atoms with van der Waals surface area (Å²) in [6.45, 7) is 6.17. The summed E-state index contributed by atoms with van der Waals surface area (Å²) in [5.41, 5.74) is 5.87. The van der Waals surface area contributed by atoms with Gasteiger partial charge in [-0.3, -0.25) is 4.79 Å². The van der Waals surface area contributed by atoms with Crippen molar-refractivity contribution < 1.29 is 4.79 Å². The van der Waals surface area contributed by atoms with Crippen LogP contribution in [0.5, 0.6) is 0 Å². The smallest absolute Gasteiger partial charge is 0.255 e. The number of amides is 1. The van der Waals surface area contributed by atoms with Gasteiger partial charge in [0.05, 0.1) is 11.9 Å². The molecule has 4 heteroatoms. The van der Waals surface area contributed by atoms with Gasteiger partial charge in [-0.2, -0.15) is 0 Å². The molecule has 1 aromatic heterocycles. The van der Waals surface area contributed by atoms with E-state index in [9.17, 15) is 4.79 Å². The first kappa shape index (κ1) is 17.7. The highest BCUT2D eigenvalue weighted by molar-refractivity contribution is 6.04. The van der Waals surface area contributed by atoms with Crippen LogP contribution in [0.4, 0.5) is 17.2 Å². The van der Waals surface area contributed by atoms with Crippen molar-refractivity contribution in [1.82, 2.24) is 4.98 Å². The molecule has 1 heterocycles. The topological polar surface area (TPSA) is 54.0 Å². The Bertz CT molecular complexity index is 900. The highest BCUT2D eigenvalue weighted by atomic mass is 16.1. The molecule has 0 aliphatic rings. The maximum Gasteiger partial charge on any atom is 0.255 e. The Balaban J connectivity index is 1.65. The van der Waals surface area contributed by atoms with Gasteiger partial charge in [0.2, 0.25) is 0 Å². The number of carbonyl (C=O) groups is 1. The molecular weight excluding hydrogens is 322 g/mol. The van der Waals surface area contributed by atoms with Crippen LogP contribution in [0.15, 0.2) is 60.8 Å². The van der Waals surface area contributed by atoms with E-state index in [4.69, 9.17) is 0 Å². The number of anilines is 3. The van der Waals surface area contributed by atoms with Crippen molar-refractivity contribution in [2.45, 2.75) is 27.2 Å². The van der Waals surface area contributed by atoms with Gasteiger partial charge in [0.1, 0.15) is 5.82 Å². The lowest BCUT2D eigenvalue weighted by Crippen LogP contribution is -2.12. The maximum atomic E-state index is 12.4. The number of carbonyl (C=O) groups excluding carboxylic acids is 1. The van der Waals surface area contributed by atoms with Crippen LogP contribution < -0.4 is 10.6 Å². The Morgan fingerprint density at radius 2 is 1.65 bits per heavy atom. The SMILES string of the molecule is CCc1ccc(Nc2ccc(NC(=O)c3ccc(C)c(C)c3)cn2)cc1. The van der Waals surface area contributed by atoms with E-state index >= 15 is 0 Å². The minimum absolute atomic E-state index is 0.134. The standard InChI is InChI=1S/C22H23N3O/c1-4-17-6-9-19(10-7-17)24-21-12-11-20(14-23-21)25-22(26)18-8-5-15(2)16(3)13-18/h5-14H,4H2,1-3H3,(H,23,24)(H,25,26). The lowest BCUT2D eigenvalue weighted by molar-refractivity contribution is 0.102. The van der Waals surface area contributed by atoms with Gasteiger partial charge in [-0.15, -0.1) is 0 Å². The maximum absolute atomic E-state index is 12.4. The zero-order valence-corrected chi connectivity index (χ0v) is 15.3. The Labute approximate surface area is 154 Å². The average molecular weight is 345 g/mol. The fourth-order valence-electron chi connectivity index (χ4n) is 2.60. The minimum Gasteiger partial charge on any atom is -0.340 e. The van der Waals surface area contributed by atoms with Crippen molar-refractivity contribution >= 4 is 23.1 Å². The molecule has 3 rings (SSSR count). The van der Waals surface area contributed by atoms with Crippen LogP contribution in [0.2, 0.25) is 0 Å². The predicted molar refractivity (Wildman–Crippen MR) is 107 cm³/mol. The molecule has 1 amide bonds. The second kappa shape index (κ2) is 7.83. The number of hydrogen-bond donors (Lipinski definition) is 2. The molecule has 0 fully saturated rings. The van der Waals surface area contributed by atoms with Gasteiger partial charge in [0.15, 0.2) is 0 Å². The Morgan fingerprint density at radius 1 is 0.923 bits per heavy atom. The van der Waals surface area contributed by atoms with Crippen LogP contribution in [0.1, 0.15) is 34.0 Å². The summed E-state index contributed by atoms with van der Waals surface area (Å²) in [6, 6.07) is 17.7. The number of hydrogen-bond acceptors (Lipinski definition) is 3. The van der Waals surface area contributed by atoms with E-state index in [1.54, 1.807) is 6.20 Å². The highest BCUT2D eigenvalue weighted by Gasteiger charge is 2.07. The van der Waals surface area contributed by atoms with Crippen molar-refractivity contribution in [1.29, 1.82) is 0 Å². The Kier molecular flexibility index (Phi) is 5.32. The number of nitrogens with one attached hydrogen (secondary N) is 2. The molecule has 0 atom stereocenters. The first-order valence-corrected chi connectivity index (χ1v) is 8.76.